The fourth-order valence-electron chi connectivity index (χ4n) is 3.73. The molecule has 3 aliphatic rings. The monoisotopic (exact) mass is 331 g/mol. The van der Waals surface area contributed by atoms with Gasteiger partial charge < -0.3 is 4.90 Å². The minimum atomic E-state index is -0.410. The average Bonchev–Trinajstić information content (AvgIpc) is 3.05. The molecule has 23 heavy (non-hydrogen) atoms. The van der Waals surface area contributed by atoms with E-state index in [2.05, 4.69) is 5.32 Å². The van der Waals surface area contributed by atoms with Crippen molar-refractivity contribution in [1.82, 2.24) is 10.2 Å². The zero-order valence-corrected chi connectivity index (χ0v) is 13.3. The van der Waals surface area contributed by atoms with E-state index in [1.807, 2.05) is 4.90 Å². The number of fused-ring (bicyclic) bond motifs is 3. The predicted octanol–water partition coefficient (Wildman–Crippen LogP) is 2.71. The normalized spacial score (nSPS) is 31.3. The summed E-state index contributed by atoms with van der Waals surface area (Å²) in [4.78, 5) is 26.0. The number of amides is 1. The summed E-state index contributed by atoms with van der Waals surface area (Å²) in [7, 11) is 0. The zero-order chi connectivity index (χ0) is 16.0. The molecule has 2 heterocycles. The Hall–Kier alpha value is -1.86. The summed E-state index contributed by atoms with van der Waals surface area (Å²) in [5.74, 6) is 0.0000472. The van der Waals surface area contributed by atoms with Gasteiger partial charge in [0.25, 0.3) is 11.6 Å². The molecule has 2 aliphatic heterocycles. The van der Waals surface area contributed by atoms with E-state index < -0.39 is 4.92 Å². The van der Waals surface area contributed by atoms with Crippen molar-refractivity contribution in [3.05, 3.63) is 44.8 Å². The highest BCUT2D eigenvalue weighted by molar-refractivity contribution is 8.05. The van der Waals surface area contributed by atoms with Gasteiger partial charge in [0.1, 0.15) is 5.50 Å². The van der Waals surface area contributed by atoms with Gasteiger partial charge in [-0.3, -0.25) is 20.2 Å². The van der Waals surface area contributed by atoms with Gasteiger partial charge in [-0.05, 0) is 25.0 Å². The summed E-state index contributed by atoms with van der Waals surface area (Å²) in [6.45, 7) is 0. The molecule has 0 radical (unpaired) electrons. The first kappa shape index (κ1) is 14.7. The van der Waals surface area contributed by atoms with Gasteiger partial charge in [0.15, 0.2) is 0 Å². The largest absolute Gasteiger partial charge is 0.309 e. The molecule has 4 rings (SSSR count). The maximum absolute atomic E-state index is 12.8. The van der Waals surface area contributed by atoms with Crippen molar-refractivity contribution < 1.29 is 9.72 Å². The first-order valence-corrected chi connectivity index (χ1v) is 8.73. The first-order valence-electron chi connectivity index (χ1n) is 7.85. The molecule has 0 aromatic heterocycles. The third-order valence-electron chi connectivity index (χ3n) is 4.80. The smallest absolute Gasteiger partial charge is 0.276 e. The highest BCUT2D eigenvalue weighted by Crippen LogP contribution is 2.44. The molecule has 1 aromatic rings. The maximum Gasteiger partial charge on any atom is 0.276 e. The van der Waals surface area contributed by atoms with E-state index in [4.69, 9.17) is 0 Å². The summed E-state index contributed by atoms with van der Waals surface area (Å²) < 4.78 is 0. The van der Waals surface area contributed by atoms with Gasteiger partial charge in [-0.1, -0.05) is 36.7 Å². The molecule has 3 fully saturated rings. The molecule has 1 aliphatic carbocycles. The summed E-state index contributed by atoms with van der Waals surface area (Å²) in [6.07, 6.45) is 6.19. The van der Waals surface area contributed by atoms with Crippen molar-refractivity contribution in [2.24, 2.45) is 0 Å². The van der Waals surface area contributed by atoms with Gasteiger partial charge in [-0.25, -0.2) is 0 Å². The molecule has 1 N–H and O–H groups in total. The number of hydrogen-bond donors (Lipinski definition) is 1. The van der Waals surface area contributed by atoms with Crippen LogP contribution in [0, 0.1) is 10.1 Å². The number of carbonyl (C=O) groups is 1. The molecule has 7 heteroatoms. The Balaban J connectivity index is 1.63. The molecule has 1 saturated carbocycles. The van der Waals surface area contributed by atoms with E-state index in [9.17, 15) is 14.9 Å². The minimum absolute atomic E-state index is 0.0000472. The molecular weight excluding hydrogens is 314 g/mol. The number of rotatable bonds is 2. The van der Waals surface area contributed by atoms with Crippen LogP contribution in [-0.2, 0) is 4.79 Å². The van der Waals surface area contributed by atoms with Gasteiger partial charge >= 0.3 is 0 Å². The molecule has 0 bridgehead atoms. The van der Waals surface area contributed by atoms with Crippen LogP contribution >= 0.6 is 11.8 Å². The molecular formula is C16H17N3O3S. The van der Waals surface area contributed by atoms with E-state index >= 15 is 0 Å². The quantitative estimate of drug-likeness (QED) is 0.512. The number of benzene rings is 1. The Morgan fingerprint density at radius 3 is 2.91 bits per heavy atom. The van der Waals surface area contributed by atoms with E-state index in [-0.39, 0.29) is 23.1 Å². The van der Waals surface area contributed by atoms with Gasteiger partial charge in [0.05, 0.1) is 15.4 Å². The van der Waals surface area contributed by atoms with Crippen molar-refractivity contribution in [3.63, 3.8) is 0 Å². The highest BCUT2D eigenvalue weighted by Gasteiger charge is 2.49. The lowest BCUT2D eigenvalue weighted by molar-refractivity contribution is -0.385. The molecule has 1 amide bonds. The lowest BCUT2D eigenvalue weighted by Gasteiger charge is -2.29. The van der Waals surface area contributed by atoms with E-state index in [1.165, 1.54) is 24.2 Å². The summed E-state index contributed by atoms with van der Waals surface area (Å²) >= 11 is 1.47. The van der Waals surface area contributed by atoms with Gasteiger partial charge in [-0.2, -0.15) is 0 Å². The molecule has 3 unspecified atom stereocenters. The second kappa shape index (κ2) is 5.65. The van der Waals surface area contributed by atoms with Crippen LogP contribution in [-0.4, -0.2) is 33.3 Å². The highest BCUT2D eigenvalue weighted by atomic mass is 32.2. The number of hydrogen-bond acceptors (Lipinski definition) is 5. The third-order valence-corrected chi connectivity index (χ3v) is 5.93. The van der Waals surface area contributed by atoms with Crippen LogP contribution in [0.15, 0.2) is 29.2 Å². The Kier molecular flexibility index (Phi) is 3.61. The predicted molar refractivity (Wildman–Crippen MR) is 88.5 cm³/mol. The fourth-order valence-corrected chi connectivity index (χ4v) is 4.98. The Bertz CT molecular complexity index is 706. The van der Waals surface area contributed by atoms with Crippen LogP contribution in [0.1, 0.15) is 31.2 Å². The zero-order valence-electron chi connectivity index (χ0n) is 12.5. The average molecular weight is 331 g/mol. The van der Waals surface area contributed by atoms with Crippen LogP contribution in [0.25, 0.3) is 6.08 Å². The van der Waals surface area contributed by atoms with Crippen LogP contribution in [0.2, 0.25) is 0 Å². The van der Waals surface area contributed by atoms with Gasteiger partial charge in [-0.15, -0.1) is 0 Å². The van der Waals surface area contributed by atoms with Crippen molar-refractivity contribution in [1.29, 1.82) is 0 Å². The van der Waals surface area contributed by atoms with Crippen LogP contribution in [0.3, 0.4) is 0 Å². The molecule has 6 nitrogen and oxygen atoms in total. The second-order valence-corrected chi connectivity index (χ2v) is 7.25. The van der Waals surface area contributed by atoms with Crippen molar-refractivity contribution >= 4 is 29.4 Å². The van der Waals surface area contributed by atoms with Crippen molar-refractivity contribution in [2.45, 2.75) is 43.3 Å². The number of thioether (sulfide) groups is 1. The Morgan fingerprint density at radius 2 is 2.09 bits per heavy atom. The van der Waals surface area contributed by atoms with E-state index in [0.717, 1.165) is 19.3 Å². The number of nitro benzene ring substituents is 1. The lowest BCUT2D eigenvalue weighted by atomic mass is 9.91. The SMILES string of the molecule is O=C1C(=Cc2ccccc2[N+](=O)[O-])SC2NC3CCCCC3N12. The minimum Gasteiger partial charge on any atom is -0.309 e. The Morgan fingerprint density at radius 1 is 1.30 bits per heavy atom. The summed E-state index contributed by atoms with van der Waals surface area (Å²) in [6, 6.07) is 7.20. The first-order chi connectivity index (χ1) is 11.1. The van der Waals surface area contributed by atoms with E-state index in [0.29, 0.717) is 16.5 Å². The lowest BCUT2D eigenvalue weighted by Crippen LogP contribution is -2.40. The molecule has 0 spiro atoms. The molecule has 120 valence electrons. The fraction of sp³-hybridized carbons (Fsp3) is 0.438. The topological polar surface area (TPSA) is 75.5 Å². The number of nitro groups is 1. The molecule has 1 aromatic carbocycles. The summed E-state index contributed by atoms with van der Waals surface area (Å²) in [5.41, 5.74) is 0.489. The second-order valence-electron chi connectivity index (χ2n) is 6.13. The maximum atomic E-state index is 12.8. The third kappa shape index (κ3) is 2.44. The van der Waals surface area contributed by atoms with Crippen LogP contribution in [0.5, 0.6) is 0 Å². The standard InChI is InChI=1S/C16H17N3O3S/c20-15-14(9-10-5-1-3-7-12(10)19(21)22)23-16-17-11-6-2-4-8-13(11)18(15)16/h1,3,5,7,9,11,13,16-17H,2,4,6,8H2. The Labute approximate surface area is 138 Å². The van der Waals surface area contributed by atoms with Crippen molar-refractivity contribution in [3.8, 4) is 0 Å². The number of carbonyl (C=O) groups excluding carboxylic acids is 1. The number of para-hydroxylation sites is 1. The van der Waals surface area contributed by atoms with Gasteiger partial charge in [0, 0.05) is 18.2 Å². The van der Waals surface area contributed by atoms with Crippen LogP contribution < -0.4 is 5.32 Å². The molecule has 2 saturated heterocycles. The van der Waals surface area contributed by atoms with Gasteiger partial charge in [0.2, 0.25) is 0 Å². The summed E-state index contributed by atoms with van der Waals surface area (Å²) in [5, 5.41) is 14.7. The van der Waals surface area contributed by atoms with Crippen molar-refractivity contribution in [2.75, 3.05) is 0 Å². The number of nitrogens with one attached hydrogen (secondary N) is 1. The number of nitrogens with zero attached hydrogens (tertiary/aromatic N) is 2. The van der Waals surface area contributed by atoms with Crippen LogP contribution in [0.4, 0.5) is 5.69 Å². The molecule has 3 atom stereocenters. The van der Waals surface area contributed by atoms with E-state index in [1.54, 1.807) is 24.3 Å².